The van der Waals surface area contributed by atoms with Gasteiger partial charge in [0.25, 0.3) is 5.91 Å². The summed E-state index contributed by atoms with van der Waals surface area (Å²) in [6.07, 6.45) is 10.2. The Hall–Kier alpha value is -3.60. The standard InChI is InChI=1S/C21H18N2O3/c24-21(23-22-13-5-1-2-9-19-10-6-14-25-19)16-26-20-12-11-17-7-3-4-8-18(17)15-20/h1-15H,16H2,(H,23,24)/b5-1+,9-2+,22-13+. The van der Waals surface area contributed by atoms with Crippen LogP contribution in [0.5, 0.6) is 5.75 Å². The number of nitrogens with zero attached hydrogens (tertiary/aromatic N) is 1. The number of hydrogen-bond donors (Lipinski definition) is 1. The van der Waals surface area contributed by atoms with Crippen molar-refractivity contribution in [2.75, 3.05) is 6.61 Å². The van der Waals surface area contributed by atoms with E-state index < -0.39 is 0 Å². The zero-order valence-electron chi connectivity index (χ0n) is 14.0. The van der Waals surface area contributed by atoms with Crippen LogP contribution in [0.3, 0.4) is 0 Å². The summed E-state index contributed by atoms with van der Waals surface area (Å²) in [7, 11) is 0. The molecule has 1 N–H and O–H groups in total. The highest BCUT2D eigenvalue weighted by Gasteiger charge is 2.02. The highest BCUT2D eigenvalue weighted by atomic mass is 16.5. The molecule has 5 heteroatoms. The molecule has 1 amide bonds. The monoisotopic (exact) mass is 346 g/mol. The van der Waals surface area contributed by atoms with Crippen molar-refractivity contribution in [1.82, 2.24) is 5.43 Å². The van der Waals surface area contributed by atoms with Gasteiger partial charge in [-0.2, -0.15) is 5.10 Å². The molecule has 0 aliphatic carbocycles. The fourth-order valence-electron chi connectivity index (χ4n) is 2.24. The summed E-state index contributed by atoms with van der Waals surface area (Å²) in [6.45, 7) is -0.0994. The predicted octanol–water partition coefficient (Wildman–Crippen LogP) is 4.18. The molecule has 0 bridgehead atoms. The number of ether oxygens (including phenoxy) is 1. The molecule has 0 unspecified atom stereocenters. The number of fused-ring (bicyclic) bond motifs is 1. The van der Waals surface area contributed by atoms with E-state index in [-0.39, 0.29) is 12.5 Å². The number of nitrogens with one attached hydrogen (secondary N) is 1. The molecule has 2 aromatic carbocycles. The van der Waals surface area contributed by atoms with Crippen molar-refractivity contribution in [3.63, 3.8) is 0 Å². The molecule has 5 nitrogen and oxygen atoms in total. The highest BCUT2D eigenvalue weighted by molar-refractivity contribution is 5.84. The van der Waals surface area contributed by atoms with Gasteiger partial charge in [-0.15, -0.1) is 0 Å². The van der Waals surface area contributed by atoms with Gasteiger partial charge in [0.2, 0.25) is 0 Å². The van der Waals surface area contributed by atoms with Gasteiger partial charge < -0.3 is 9.15 Å². The number of allylic oxidation sites excluding steroid dienone is 3. The Morgan fingerprint density at radius 1 is 1.04 bits per heavy atom. The van der Waals surface area contributed by atoms with E-state index in [1.807, 2.05) is 66.7 Å². The number of hydrogen-bond acceptors (Lipinski definition) is 4. The maximum Gasteiger partial charge on any atom is 0.277 e. The molecule has 0 aliphatic rings. The zero-order chi connectivity index (χ0) is 18.0. The summed E-state index contributed by atoms with van der Waals surface area (Å²) < 4.78 is 10.6. The lowest BCUT2D eigenvalue weighted by Crippen LogP contribution is -2.24. The summed E-state index contributed by atoms with van der Waals surface area (Å²) in [5.74, 6) is 1.09. The van der Waals surface area contributed by atoms with Crippen LogP contribution in [0, 0.1) is 0 Å². The summed E-state index contributed by atoms with van der Waals surface area (Å²) in [4.78, 5) is 11.7. The van der Waals surface area contributed by atoms with Crippen LogP contribution in [0.4, 0.5) is 0 Å². The van der Waals surface area contributed by atoms with Crippen LogP contribution in [0.1, 0.15) is 5.76 Å². The van der Waals surface area contributed by atoms with E-state index in [4.69, 9.17) is 9.15 Å². The van der Waals surface area contributed by atoms with Gasteiger partial charge in [0.15, 0.2) is 6.61 Å². The molecule has 1 heterocycles. The van der Waals surface area contributed by atoms with Crippen LogP contribution in [-0.4, -0.2) is 18.7 Å². The van der Waals surface area contributed by atoms with E-state index in [1.165, 1.54) is 6.21 Å². The highest BCUT2D eigenvalue weighted by Crippen LogP contribution is 2.20. The van der Waals surface area contributed by atoms with Crippen LogP contribution in [0.15, 0.2) is 88.6 Å². The molecular formula is C21H18N2O3. The lowest BCUT2D eigenvalue weighted by molar-refractivity contribution is -0.123. The molecule has 0 radical (unpaired) electrons. The zero-order valence-corrected chi connectivity index (χ0v) is 14.0. The van der Waals surface area contributed by atoms with Crippen LogP contribution in [-0.2, 0) is 4.79 Å². The van der Waals surface area contributed by atoms with Crippen molar-refractivity contribution >= 4 is 29.0 Å². The number of carbonyl (C=O) groups is 1. The van der Waals surface area contributed by atoms with Crippen LogP contribution in [0.25, 0.3) is 16.8 Å². The number of furan rings is 1. The maximum atomic E-state index is 11.7. The smallest absolute Gasteiger partial charge is 0.277 e. The summed E-state index contributed by atoms with van der Waals surface area (Å²) in [5, 5.41) is 6.01. The number of carbonyl (C=O) groups excluding carboxylic acids is 1. The third-order valence-electron chi connectivity index (χ3n) is 3.47. The molecule has 3 aromatic rings. The van der Waals surface area contributed by atoms with Gasteiger partial charge in [0.1, 0.15) is 11.5 Å². The summed E-state index contributed by atoms with van der Waals surface area (Å²) in [6, 6.07) is 17.3. The molecular weight excluding hydrogens is 328 g/mol. The third kappa shape index (κ3) is 5.21. The van der Waals surface area contributed by atoms with Gasteiger partial charge in [-0.1, -0.05) is 42.5 Å². The average Bonchev–Trinajstić information content (AvgIpc) is 3.19. The molecule has 130 valence electrons. The van der Waals surface area contributed by atoms with E-state index in [0.29, 0.717) is 5.75 Å². The minimum Gasteiger partial charge on any atom is -0.484 e. The molecule has 0 saturated heterocycles. The molecule has 0 fully saturated rings. The first-order valence-corrected chi connectivity index (χ1v) is 8.11. The van der Waals surface area contributed by atoms with Crippen LogP contribution < -0.4 is 10.2 Å². The molecule has 0 aliphatic heterocycles. The minimum absolute atomic E-state index is 0.0994. The van der Waals surface area contributed by atoms with Gasteiger partial charge in [0, 0.05) is 6.21 Å². The molecule has 0 spiro atoms. The Labute approximate surface area is 151 Å². The average molecular weight is 346 g/mol. The van der Waals surface area contributed by atoms with Crippen molar-refractivity contribution < 1.29 is 13.9 Å². The van der Waals surface area contributed by atoms with E-state index in [9.17, 15) is 4.79 Å². The molecule has 3 rings (SSSR count). The topological polar surface area (TPSA) is 63.8 Å². The first-order valence-electron chi connectivity index (χ1n) is 8.11. The number of amides is 1. The molecule has 0 saturated carbocycles. The quantitative estimate of drug-likeness (QED) is 0.396. The predicted molar refractivity (Wildman–Crippen MR) is 103 cm³/mol. The summed E-state index contributed by atoms with van der Waals surface area (Å²) in [5.41, 5.74) is 2.41. The Bertz CT molecular complexity index is 941. The molecule has 0 atom stereocenters. The second kappa shape index (κ2) is 9.03. The van der Waals surface area contributed by atoms with Crippen LogP contribution in [0.2, 0.25) is 0 Å². The number of benzene rings is 2. The van der Waals surface area contributed by atoms with Crippen molar-refractivity contribution in [3.8, 4) is 5.75 Å². The van der Waals surface area contributed by atoms with Gasteiger partial charge in [-0.25, -0.2) is 5.43 Å². The normalized spacial score (nSPS) is 11.7. The first kappa shape index (κ1) is 17.2. The van der Waals surface area contributed by atoms with Crippen LogP contribution >= 0.6 is 0 Å². The fraction of sp³-hybridized carbons (Fsp3) is 0.0476. The fourth-order valence-corrected chi connectivity index (χ4v) is 2.24. The Kier molecular flexibility index (Phi) is 5.99. The Morgan fingerprint density at radius 3 is 2.77 bits per heavy atom. The second-order valence-electron chi connectivity index (χ2n) is 5.37. The number of hydrazone groups is 1. The van der Waals surface area contributed by atoms with E-state index >= 15 is 0 Å². The molecule has 26 heavy (non-hydrogen) atoms. The van der Waals surface area contributed by atoms with Gasteiger partial charge in [-0.3, -0.25) is 4.79 Å². The minimum atomic E-state index is -0.325. The third-order valence-corrected chi connectivity index (χ3v) is 3.47. The maximum absolute atomic E-state index is 11.7. The summed E-state index contributed by atoms with van der Waals surface area (Å²) >= 11 is 0. The van der Waals surface area contributed by atoms with Gasteiger partial charge >= 0.3 is 0 Å². The molecule has 1 aromatic heterocycles. The Balaban J connectivity index is 1.40. The van der Waals surface area contributed by atoms with E-state index in [2.05, 4.69) is 10.5 Å². The van der Waals surface area contributed by atoms with Crippen molar-refractivity contribution in [2.45, 2.75) is 0 Å². The van der Waals surface area contributed by atoms with E-state index in [0.717, 1.165) is 16.5 Å². The second-order valence-corrected chi connectivity index (χ2v) is 5.37. The number of rotatable bonds is 7. The van der Waals surface area contributed by atoms with Crippen molar-refractivity contribution in [2.24, 2.45) is 5.10 Å². The SMILES string of the molecule is O=C(COc1ccc2ccccc2c1)N/N=C/C=C/C=C/c1ccco1. The lowest BCUT2D eigenvalue weighted by Gasteiger charge is -2.06. The van der Waals surface area contributed by atoms with Gasteiger partial charge in [-0.05, 0) is 47.2 Å². The Morgan fingerprint density at radius 2 is 1.92 bits per heavy atom. The van der Waals surface area contributed by atoms with E-state index in [1.54, 1.807) is 18.4 Å². The largest absolute Gasteiger partial charge is 0.484 e. The van der Waals surface area contributed by atoms with Crippen molar-refractivity contribution in [3.05, 3.63) is 84.8 Å². The van der Waals surface area contributed by atoms with Crippen molar-refractivity contribution in [1.29, 1.82) is 0 Å². The first-order chi connectivity index (χ1) is 12.8. The van der Waals surface area contributed by atoms with Gasteiger partial charge in [0.05, 0.1) is 6.26 Å². The lowest BCUT2D eigenvalue weighted by atomic mass is 10.1.